The number of amides is 1. The Kier molecular flexibility index (Phi) is 10.2. The zero-order valence-electron chi connectivity index (χ0n) is 14.0. The molecule has 0 aliphatic carbocycles. The minimum atomic E-state index is 0. The summed E-state index contributed by atoms with van der Waals surface area (Å²) in [4.78, 5) is 17.3. The van der Waals surface area contributed by atoms with Gasteiger partial charge in [0.2, 0.25) is 0 Å². The quantitative estimate of drug-likeness (QED) is 0.515. The molecular weight excluding hydrogens is 340 g/mol. The molecule has 0 radical (unpaired) electrons. The van der Waals surface area contributed by atoms with Crippen LogP contribution in [0.4, 0.5) is 0 Å². The number of carbonyl (C=O) groups excluding carboxylic acids is 1. The van der Waals surface area contributed by atoms with Crippen molar-refractivity contribution >= 4 is 30.1 Å². The first kappa shape index (κ1) is 20.5. The second-order valence-corrected chi connectivity index (χ2v) is 6.61. The van der Waals surface area contributed by atoms with Gasteiger partial charge in [0.25, 0.3) is 5.91 Å². The molecule has 0 aliphatic rings. The van der Waals surface area contributed by atoms with Crippen LogP contribution in [0.3, 0.4) is 0 Å². The predicted molar refractivity (Wildman–Crippen MR) is 104 cm³/mol. The number of thioether (sulfide) groups is 1. The van der Waals surface area contributed by atoms with Gasteiger partial charge in [-0.25, -0.2) is 0 Å². The van der Waals surface area contributed by atoms with E-state index in [9.17, 15) is 4.79 Å². The highest BCUT2D eigenvalue weighted by molar-refractivity contribution is 7.99. The van der Waals surface area contributed by atoms with E-state index in [0.717, 1.165) is 24.2 Å². The smallest absolute Gasteiger partial charge is 0.251 e. The highest BCUT2D eigenvalue weighted by Gasteiger charge is 2.04. The first-order valence-corrected chi connectivity index (χ1v) is 9.18. The molecule has 5 heteroatoms. The number of halogens is 1. The lowest BCUT2D eigenvalue weighted by atomic mass is 10.1. The molecule has 0 bridgehead atoms. The molecule has 3 nitrogen and oxygen atoms in total. The third-order valence-corrected chi connectivity index (χ3v) is 4.66. The fourth-order valence-corrected chi connectivity index (χ4v) is 3.04. The number of rotatable bonds is 9. The number of pyridine rings is 1. The summed E-state index contributed by atoms with van der Waals surface area (Å²) < 4.78 is 0. The zero-order valence-corrected chi connectivity index (χ0v) is 15.7. The maximum atomic E-state index is 12.1. The van der Waals surface area contributed by atoms with Crippen molar-refractivity contribution in [1.29, 1.82) is 0 Å². The van der Waals surface area contributed by atoms with Gasteiger partial charge < -0.3 is 5.32 Å². The Bertz CT molecular complexity index is 590. The van der Waals surface area contributed by atoms with Crippen molar-refractivity contribution in [3.63, 3.8) is 0 Å². The van der Waals surface area contributed by atoms with Crippen molar-refractivity contribution in [2.75, 3.05) is 12.3 Å². The van der Waals surface area contributed by atoms with Gasteiger partial charge in [-0.3, -0.25) is 9.78 Å². The van der Waals surface area contributed by atoms with Crippen LogP contribution in [0, 0.1) is 0 Å². The van der Waals surface area contributed by atoms with E-state index in [1.165, 1.54) is 23.3 Å². The van der Waals surface area contributed by atoms with E-state index in [2.05, 4.69) is 29.4 Å². The standard InChI is InChI=1S/C19H24N2OS.ClH/c1-2-3-5-16-6-8-17(9-7-16)19(22)21-12-4-15-23-18-10-13-20-14-11-18;/h6-11,13-14H,2-5,12,15H2,1H3,(H,21,22);1H. The van der Waals surface area contributed by atoms with Gasteiger partial charge in [-0.2, -0.15) is 0 Å². The van der Waals surface area contributed by atoms with E-state index in [0.29, 0.717) is 6.54 Å². The van der Waals surface area contributed by atoms with E-state index in [-0.39, 0.29) is 18.3 Å². The fourth-order valence-electron chi connectivity index (χ4n) is 2.20. The summed E-state index contributed by atoms with van der Waals surface area (Å²) in [5.41, 5.74) is 2.05. The second-order valence-electron chi connectivity index (χ2n) is 5.44. The number of nitrogens with one attached hydrogen (secondary N) is 1. The lowest BCUT2D eigenvalue weighted by Crippen LogP contribution is -2.24. The minimum absolute atomic E-state index is 0. The number of benzene rings is 1. The molecule has 1 aromatic carbocycles. The van der Waals surface area contributed by atoms with E-state index in [1.54, 1.807) is 24.2 Å². The van der Waals surface area contributed by atoms with Crippen molar-refractivity contribution in [3.8, 4) is 0 Å². The van der Waals surface area contributed by atoms with E-state index in [1.807, 2.05) is 24.3 Å². The third-order valence-electron chi connectivity index (χ3n) is 3.56. The highest BCUT2D eigenvalue weighted by Crippen LogP contribution is 2.16. The second kappa shape index (κ2) is 11.9. The molecule has 24 heavy (non-hydrogen) atoms. The summed E-state index contributed by atoms with van der Waals surface area (Å²) in [6.45, 7) is 2.89. The Balaban J connectivity index is 0.00000288. The van der Waals surface area contributed by atoms with Gasteiger partial charge in [0.05, 0.1) is 0 Å². The summed E-state index contributed by atoms with van der Waals surface area (Å²) in [6, 6.07) is 12.0. The Hall–Kier alpha value is -1.52. The predicted octanol–water partition coefficient (Wildman–Crippen LogP) is 4.76. The van der Waals surface area contributed by atoms with Crippen LogP contribution < -0.4 is 5.32 Å². The van der Waals surface area contributed by atoms with Gasteiger partial charge >= 0.3 is 0 Å². The molecule has 2 aromatic rings. The summed E-state index contributed by atoms with van der Waals surface area (Å²) in [5.74, 6) is 1.00. The molecule has 0 saturated heterocycles. The molecular formula is C19H25ClN2OS. The van der Waals surface area contributed by atoms with Gasteiger partial charge in [-0.05, 0) is 54.8 Å². The van der Waals surface area contributed by atoms with Crippen LogP contribution >= 0.6 is 24.2 Å². The molecule has 1 N–H and O–H groups in total. The minimum Gasteiger partial charge on any atom is -0.352 e. The summed E-state index contributed by atoms with van der Waals surface area (Å²) in [7, 11) is 0. The van der Waals surface area contributed by atoms with Gasteiger partial charge in [-0.1, -0.05) is 25.5 Å². The molecule has 1 amide bonds. The largest absolute Gasteiger partial charge is 0.352 e. The number of hydrogen-bond acceptors (Lipinski definition) is 3. The van der Waals surface area contributed by atoms with Crippen LogP contribution in [0.1, 0.15) is 42.1 Å². The van der Waals surface area contributed by atoms with Crippen LogP contribution in [0.25, 0.3) is 0 Å². The molecule has 1 heterocycles. The van der Waals surface area contributed by atoms with Crippen LogP contribution in [-0.2, 0) is 6.42 Å². The van der Waals surface area contributed by atoms with Crippen molar-refractivity contribution in [2.24, 2.45) is 0 Å². The normalized spacial score (nSPS) is 10.0. The monoisotopic (exact) mass is 364 g/mol. The van der Waals surface area contributed by atoms with Crippen molar-refractivity contribution in [1.82, 2.24) is 10.3 Å². The molecule has 0 aliphatic heterocycles. The number of hydrogen-bond donors (Lipinski definition) is 1. The fraction of sp³-hybridized carbons (Fsp3) is 0.368. The first-order chi connectivity index (χ1) is 11.3. The number of nitrogens with zero attached hydrogens (tertiary/aromatic N) is 1. The maximum absolute atomic E-state index is 12.1. The van der Waals surface area contributed by atoms with Crippen LogP contribution in [-0.4, -0.2) is 23.2 Å². The molecule has 0 saturated carbocycles. The van der Waals surface area contributed by atoms with Crippen LogP contribution in [0.2, 0.25) is 0 Å². The summed E-state index contributed by atoms with van der Waals surface area (Å²) >= 11 is 1.79. The molecule has 0 unspecified atom stereocenters. The topological polar surface area (TPSA) is 42.0 Å². The van der Waals surface area contributed by atoms with E-state index < -0.39 is 0 Å². The number of aromatic nitrogens is 1. The van der Waals surface area contributed by atoms with E-state index in [4.69, 9.17) is 0 Å². The number of aryl methyl sites for hydroxylation is 1. The third kappa shape index (κ3) is 7.37. The van der Waals surface area contributed by atoms with Gasteiger partial charge in [0.15, 0.2) is 0 Å². The van der Waals surface area contributed by atoms with Gasteiger partial charge in [0.1, 0.15) is 0 Å². The Morgan fingerprint density at radius 3 is 2.46 bits per heavy atom. The molecule has 0 atom stereocenters. The summed E-state index contributed by atoms with van der Waals surface area (Å²) in [5, 5.41) is 2.98. The molecule has 2 rings (SSSR count). The average molecular weight is 365 g/mol. The van der Waals surface area contributed by atoms with Gasteiger partial charge in [0, 0.05) is 29.4 Å². The maximum Gasteiger partial charge on any atom is 0.251 e. The lowest BCUT2D eigenvalue weighted by Gasteiger charge is -2.06. The number of carbonyl (C=O) groups is 1. The van der Waals surface area contributed by atoms with Crippen LogP contribution in [0.5, 0.6) is 0 Å². The highest BCUT2D eigenvalue weighted by atomic mass is 35.5. The molecule has 0 fully saturated rings. The Morgan fingerprint density at radius 2 is 1.79 bits per heavy atom. The van der Waals surface area contributed by atoms with Crippen LogP contribution in [0.15, 0.2) is 53.7 Å². The Morgan fingerprint density at radius 1 is 1.08 bits per heavy atom. The van der Waals surface area contributed by atoms with E-state index >= 15 is 0 Å². The Labute approximate surface area is 155 Å². The average Bonchev–Trinajstić information content (AvgIpc) is 2.61. The molecule has 1 aromatic heterocycles. The first-order valence-electron chi connectivity index (χ1n) is 8.19. The van der Waals surface area contributed by atoms with Crippen molar-refractivity contribution < 1.29 is 4.79 Å². The van der Waals surface area contributed by atoms with Gasteiger partial charge in [-0.15, -0.1) is 24.2 Å². The zero-order chi connectivity index (χ0) is 16.3. The molecule has 0 spiro atoms. The molecule has 130 valence electrons. The van der Waals surface area contributed by atoms with Crippen molar-refractivity contribution in [3.05, 3.63) is 59.9 Å². The summed E-state index contributed by atoms with van der Waals surface area (Å²) in [6.07, 6.45) is 8.03. The SMILES string of the molecule is CCCCc1ccc(C(=O)NCCCSc2ccncc2)cc1.Cl. The van der Waals surface area contributed by atoms with Crippen molar-refractivity contribution in [2.45, 2.75) is 37.5 Å². The lowest BCUT2D eigenvalue weighted by molar-refractivity contribution is 0.0954. The number of unbranched alkanes of at least 4 members (excludes halogenated alkanes) is 1.